The van der Waals surface area contributed by atoms with E-state index in [1.165, 1.54) is 11.3 Å². The molecule has 1 aromatic heterocycles. The molecule has 0 bridgehead atoms. The molecule has 2 atom stereocenters. The molecule has 1 aliphatic rings. The van der Waals surface area contributed by atoms with E-state index in [2.05, 4.69) is 13.8 Å². The molecular weight excluding hydrogens is 242 g/mol. The van der Waals surface area contributed by atoms with E-state index in [1.54, 1.807) is 6.07 Å². The predicted octanol–water partition coefficient (Wildman–Crippen LogP) is 3.52. The van der Waals surface area contributed by atoms with Gasteiger partial charge in [-0.3, -0.25) is 4.79 Å². The van der Waals surface area contributed by atoms with Crippen LogP contribution in [0, 0.1) is 11.8 Å². The summed E-state index contributed by atoms with van der Waals surface area (Å²) < 4.78 is 0.682. The molecule has 2 unspecified atom stereocenters. The van der Waals surface area contributed by atoms with E-state index in [9.17, 15) is 4.79 Å². The van der Waals surface area contributed by atoms with Gasteiger partial charge >= 0.3 is 0 Å². The minimum atomic E-state index is 0.135. The van der Waals surface area contributed by atoms with Crippen molar-refractivity contribution >= 4 is 28.8 Å². The second kappa shape index (κ2) is 4.76. The third kappa shape index (κ3) is 2.41. The molecule has 1 amide bonds. The molecule has 88 valence electrons. The monoisotopic (exact) mass is 257 g/mol. The van der Waals surface area contributed by atoms with E-state index in [4.69, 9.17) is 11.6 Å². The number of hydrogen-bond acceptors (Lipinski definition) is 2. The van der Waals surface area contributed by atoms with Gasteiger partial charge in [0, 0.05) is 13.1 Å². The van der Waals surface area contributed by atoms with Gasteiger partial charge in [0.2, 0.25) is 0 Å². The third-order valence-electron chi connectivity index (χ3n) is 3.41. The van der Waals surface area contributed by atoms with Gasteiger partial charge in [0.05, 0.1) is 9.21 Å². The quantitative estimate of drug-likeness (QED) is 0.754. The fraction of sp³-hybridized carbons (Fsp3) is 0.583. The molecule has 4 heteroatoms. The summed E-state index contributed by atoms with van der Waals surface area (Å²) in [4.78, 5) is 14.9. The molecular formula is C12H16ClNOS. The van der Waals surface area contributed by atoms with E-state index in [1.807, 2.05) is 11.0 Å². The SMILES string of the molecule is CC1CCN(C(=O)c2ccc(Cl)s2)CC1C. The van der Waals surface area contributed by atoms with Crippen molar-refractivity contribution in [3.8, 4) is 0 Å². The first-order valence-electron chi connectivity index (χ1n) is 5.62. The number of hydrogen-bond donors (Lipinski definition) is 0. The highest BCUT2D eigenvalue weighted by atomic mass is 35.5. The number of rotatable bonds is 1. The van der Waals surface area contributed by atoms with Crippen molar-refractivity contribution in [3.05, 3.63) is 21.3 Å². The summed E-state index contributed by atoms with van der Waals surface area (Å²) in [6.45, 7) is 6.22. The summed E-state index contributed by atoms with van der Waals surface area (Å²) in [5.41, 5.74) is 0. The molecule has 2 heterocycles. The van der Waals surface area contributed by atoms with E-state index in [-0.39, 0.29) is 5.91 Å². The average Bonchev–Trinajstić information content (AvgIpc) is 2.68. The number of carbonyl (C=O) groups is 1. The highest BCUT2D eigenvalue weighted by molar-refractivity contribution is 7.17. The highest BCUT2D eigenvalue weighted by Gasteiger charge is 2.27. The zero-order valence-corrected chi connectivity index (χ0v) is 11.1. The van der Waals surface area contributed by atoms with Crippen molar-refractivity contribution in [1.29, 1.82) is 0 Å². The van der Waals surface area contributed by atoms with Crippen LogP contribution in [0.3, 0.4) is 0 Å². The Kier molecular flexibility index (Phi) is 3.55. The minimum Gasteiger partial charge on any atom is -0.338 e. The second-order valence-corrected chi connectivity index (χ2v) is 6.31. The Bertz CT molecular complexity index is 390. The van der Waals surface area contributed by atoms with Crippen molar-refractivity contribution in [2.24, 2.45) is 11.8 Å². The number of halogens is 1. The van der Waals surface area contributed by atoms with E-state index in [0.717, 1.165) is 30.3 Å². The molecule has 2 rings (SSSR count). The maximum Gasteiger partial charge on any atom is 0.263 e. The lowest BCUT2D eigenvalue weighted by Crippen LogP contribution is -2.41. The lowest BCUT2D eigenvalue weighted by molar-refractivity contribution is 0.0632. The molecule has 1 aromatic rings. The maximum atomic E-state index is 12.1. The van der Waals surface area contributed by atoms with Crippen LogP contribution in [0.15, 0.2) is 12.1 Å². The van der Waals surface area contributed by atoms with E-state index < -0.39 is 0 Å². The fourth-order valence-corrected chi connectivity index (χ4v) is 3.04. The minimum absolute atomic E-state index is 0.135. The van der Waals surface area contributed by atoms with Crippen molar-refractivity contribution in [1.82, 2.24) is 4.90 Å². The van der Waals surface area contributed by atoms with E-state index in [0.29, 0.717) is 10.3 Å². The Labute approximate surface area is 105 Å². The van der Waals surface area contributed by atoms with Gasteiger partial charge in [-0.1, -0.05) is 25.4 Å². The molecule has 0 radical (unpaired) electrons. The normalized spacial score (nSPS) is 25.8. The lowest BCUT2D eigenvalue weighted by Gasteiger charge is -2.35. The third-order valence-corrected chi connectivity index (χ3v) is 4.62. The van der Waals surface area contributed by atoms with Crippen molar-refractivity contribution in [2.45, 2.75) is 20.3 Å². The molecule has 0 aliphatic carbocycles. The van der Waals surface area contributed by atoms with Gasteiger partial charge in [-0.05, 0) is 30.4 Å². The van der Waals surface area contributed by atoms with Gasteiger partial charge in [0.25, 0.3) is 5.91 Å². The summed E-state index contributed by atoms with van der Waals surface area (Å²) in [6, 6.07) is 3.60. The number of thiophene rings is 1. The van der Waals surface area contributed by atoms with Crippen LogP contribution in [0.1, 0.15) is 29.9 Å². The number of piperidine rings is 1. The van der Waals surface area contributed by atoms with Crippen molar-refractivity contribution < 1.29 is 4.79 Å². The van der Waals surface area contributed by atoms with Gasteiger partial charge < -0.3 is 4.90 Å². The average molecular weight is 258 g/mol. The number of carbonyl (C=O) groups excluding carboxylic acids is 1. The molecule has 16 heavy (non-hydrogen) atoms. The Morgan fingerprint density at radius 2 is 2.19 bits per heavy atom. The molecule has 0 saturated carbocycles. The Hall–Kier alpha value is -0.540. The molecule has 0 N–H and O–H groups in total. The standard InChI is InChI=1S/C12H16ClNOS/c1-8-5-6-14(7-9(8)2)12(15)10-3-4-11(13)16-10/h3-4,8-9H,5-7H2,1-2H3. The van der Waals surface area contributed by atoms with Crippen molar-refractivity contribution in [3.63, 3.8) is 0 Å². The predicted molar refractivity (Wildman–Crippen MR) is 68.2 cm³/mol. The molecule has 0 aromatic carbocycles. The fourth-order valence-electron chi connectivity index (χ4n) is 2.03. The van der Waals surface area contributed by atoms with Crippen LogP contribution in [-0.4, -0.2) is 23.9 Å². The van der Waals surface area contributed by atoms with Gasteiger partial charge in [0.15, 0.2) is 0 Å². The largest absolute Gasteiger partial charge is 0.338 e. The van der Waals surface area contributed by atoms with Crippen LogP contribution in [0.25, 0.3) is 0 Å². The smallest absolute Gasteiger partial charge is 0.263 e. The zero-order valence-electron chi connectivity index (χ0n) is 9.57. The summed E-state index contributed by atoms with van der Waals surface area (Å²) in [7, 11) is 0. The van der Waals surface area contributed by atoms with Crippen LogP contribution >= 0.6 is 22.9 Å². The second-order valence-electron chi connectivity index (χ2n) is 4.60. The molecule has 1 fully saturated rings. The first-order chi connectivity index (χ1) is 7.58. The number of amides is 1. The van der Waals surface area contributed by atoms with Crippen LogP contribution in [0.2, 0.25) is 4.34 Å². The van der Waals surface area contributed by atoms with Crippen LogP contribution < -0.4 is 0 Å². The van der Waals surface area contributed by atoms with Gasteiger partial charge in [0.1, 0.15) is 0 Å². The summed E-state index contributed by atoms with van der Waals surface area (Å²) in [5.74, 6) is 1.44. The molecule has 1 saturated heterocycles. The summed E-state index contributed by atoms with van der Waals surface area (Å²) in [5, 5.41) is 0. The van der Waals surface area contributed by atoms with Crippen molar-refractivity contribution in [2.75, 3.05) is 13.1 Å². The molecule has 0 spiro atoms. The topological polar surface area (TPSA) is 20.3 Å². The van der Waals surface area contributed by atoms with Crippen LogP contribution in [0.4, 0.5) is 0 Å². The Morgan fingerprint density at radius 3 is 2.75 bits per heavy atom. The summed E-state index contributed by atoms with van der Waals surface area (Å²) in [6.07, 6.45) is 1.10. The summed E-state index contributed by atoms with van der Waals surface area (Å²) >= 11 is 7.21. The van der Waals surface area contributed by atoms with E-state index >= 15 is 0 Å². The van der Waals surface area contributed by atoms with Gasteiger partial charge in [-0.25, -0.2) is 0 Å². The van der Waals surface area contributed by atoms with Crippen LogP contribution in [-0.2, 0) is 0 Å². The van der Waals surface area contributed by atoms with Gasteiger partial charge in [-0.15, -0.1) is 11.3 Å². The first kappa shape index (κ1) is 11.9. The molecule has 1 aliphatic heterocycles. The maximum absolute atomic E-state index is 12.1. The van der Waals surface area contributed by atoms with Crippen LogP contribution in [0.5, 0.6) is 0 Å². The lowest BCUT2D eigenvalue weighted by atomic mass is 9.88. The number of nitrogens with zero attached hydrogens (tertiary/aromatic N) is 1. The Balaban J connectivity index is 2.06. The number of likely N-dealkylation sites (tertiary alicyclic amines) is 1. The van der Waals surface area contributed by atoms with Gasteiger partial charge in [-0.2, -0.15) is 0 Å². The zero-order chi connectivity index (χ0) is 11.7. The first-order valence-corrected chi connectivity index (χ1v) is 6.82. The Morgan fingerprint density at radius 1 is 1.44 bits per heavy atom. The highest BCUT2D eigenvalue weighted by Crippen LogP contribution is 2.27. The molecule has 2 nitrogen and oxygen atoms in total.